The third-order valence-corrected chi connectivity index (χ3v) is 4.63. The first kappa shape index (κ1) is 17.7. The van der Waals surface area contributed by atoms with Crippen LogP contribution in [-0.2, 0) is 14.4 Å². The molecule has 0 amide bonds. The van der Waals surface area contributed by atoms with Gasteiger partial charge in [-0.1, -0.05) is 37.6 Å². The van der Waals surface area contributed by atoms with E-state index in [2.05, 4.69) is 6.58 Å². The van der Waals surface area contributed by atoms with E-state index in [4.69, 9.17) is 4.74 Å². The third kappa shape index (κ3) is 3.48. The fourth-order valence-corrected chi connectivity index (χ4v) is 3.37. The summed E-state index contributed by atoms with van der Waals surface area (Å²) in [4.78, 5) is 35.7. The lowest BCUT2D eigenvalue weighted by Gasteiger charge is -2.34. The summed E-state index contributed by atoms with van der Waals surface area (Å²) >= 11 is 0. The normalized spacial score (nSPS) is 17.0. The SMILES string of the molecule is C=C(C(=O)O)C(CC(=O)Oc1ccccc1)(C(=O)O)C1CCCC1. The number of para-hydroxylation sites is 1. The number of aliphatic carboxylic acids is 2. The van der Waals surface area contributed by atoms with Gasteiger partial charge in [0.15, 0.2) is 0 Å². The quantitative estimate of drug-likeness (QED) is 0.452. The molecule has 128 valence electrons. The predicted molar refractivity (Wildman–Crippen MR) is 85.5 cm³/mol. The second-order valence-corrected chi connectivity index (χ2v) is 6.01. The molecule has 24 heavy (non-hydrogen) atoms. The molecule has 1 aromatic rings. The van der Waals surface area contributed by atoms with E-state index < -0.39 is 41.2 Å². The second-order valence-electron chi connectivity index (χ2n) is 6.01. The van der Waals surface area contributed by atoms with Crippen molar-refractivity contribution in [2.45, 2.75) is 32.1 Å². The number of ether oxygens (including phenoxy) is 1. The summed E-state index contributed by atoms with van der Waals surface area (Å²) in [5, 5.41) is 19.1. The van der Waals surface area contributed by atoms with Crippen molar-refractivity contribution in [2.24, 2.45) is 11.3 Å². The summed E-state index contributed by atoms with van der Waals surface area (Å²) in [6.07, 6.45) is 2.17. The first-order valence-corrected chi connectivity index (χ1v) is 7.79. The molecule has 0 aliphatic heterocycles. The number of carboxylic acid groups (broad SMARTS) is 2. The standard InChI is InChI=1S/C18H20O6/c1-12(16(20)21)18(17(22)23,13-7-5-6-8-13)11-15(19)24-14-9-3-2-4-10-14/h2-4,9-10,13H,1,5-8,11H2,(H,20,21)(H,22,23). The monoisotopic (exact) mass is 332 g/mol. The van der Waals surface area contributed by atoms with Crippen molar-refractivity contribution in [3.63, 3.8) is 0 Å². The molecule has 0 bridgehead atoms. The maximum absolute atomic E-state index is 12.3. The molecule has 1 saturated carbocycles. The summed E-state index contributed by atoms with van der Waals surface area (Å²) in [6, 6.07) is 8.26. The molecule has 0 heterocycles. The van der Waals surface area contributed by atoms with Crippen LogP contribution in [0.25, 0.3) is 0 Å². The highest BCUT2D eigenvalue weighted by molar-refractivity contribution is 5.98. The Hall–Kier alpha value is -2.63. The molecule has 0 aromatic heterocycles. The minimum Gasteiger partial charge on any atom is -0.481 e. The number of carbonyl (C=O) groups is 3. The first-order valence-electron chi connectivity index (χ1n) is 7.79. The zero-order valence-corrected chi connectivity index (χ0v) is 13.2. The van der Waals surface area contributed by atoms with Crippen LogP contribution in [0.15, 0.2) is 42.5 Å². The molecule has 6 heteroatoms. The van der Waals surface area contributed by atoms with E-state index in [0.29, 0.717) is 12.8 Å². The molecule has 1 atom stereocenters. The van der Waals surface area contributed by atoms with Crippen molar-refractivity contribution in [2.75, 3.05) is 0 Å². The topological polar surface area (TPSA) is 101 Å². The zero-order valence-electron chi connectivity index (χ0n) is 13.2. The van der Waals surface area contributed by atoms with Gasteiger partial charge in [0.2, 0.25) is 0 Å². The molecule has 0 radical (unpaired) electrons. The van der Waals surface area contributed by atoms with Crippen molar-refractivity contribution >= 4 is 17.9 Å². The highest BCUT2D eigenvalue weighted by atomic mass is 16.5. The van der Waals surface area contributed by atoms with Gasteiger partial charge in [-0.05, 0) is 30.9 Å². The summed E-state index contributed by atoms with van der Waals surface area (Å²) in [5.74, 6) is -3.68. The lowest BCUT2D eigenvalue weighted by molar-refractivity contribution is -0.158. The Morgan fingerprint density at radius 3 is 2.21 bits per heavy atom. The molecule has 6 nitrogen and oxygen atoms in total. The Morgan fingerprint density at radius 1 is 1.12 bits per heavy atom. The summed E-state index contributed by atoms with van der Waals surface area (Å²) in [5.41, 5.74) is -2.30. The fourth-order valence-electron chi connectivity index (χ4n) is 3.37. The highest BCUT2D eigenvalue weighted by Gasteiger charge is 2.53. The number of rotatable bonds is 7. The molecule has 1 aromatic carbocycles. The molecule has 1 aliphatic carbocycles. The Balaban J connectivity index is 2.30. The maximum atomic E-state index is 12.3. The molecular weight excluding hydrogens is 312 g/mol. The number of benzene rings is 1. The van der Waals surface area contributed by atoms with Crippen molar-refractivity contribution in [3.05, 3.63) is 42.5 Å². The van der Waals surface area contributed by atoms with Gasteiger partial charge in [0.1, 0.15) is 11.2 Å². The lowest BCUT2D eigenvalue weighted by atomic mass is 9.67. The smallest absolute Gasteiger partial charge is 0.332 e. The summed E-state index contributed by atoms with van der Waals surface area (Å²) in [7, 11) is 0. The Labute approximate surface area is 139 Å². The number of esters is 1. The van der Waals surface area contributed by atoms with Gasteiger partial charge in [0, 0.05) is 5.57 Å². The third-order valence-electron chi connectivity index (χ3n) is 4.63. The number of hydrogen-bond acceptors (Lipinski definition) is 4. The minimum atomic E-state index is -1.84. The summed E-state index contributed by atoms with van der Waals surface area (Å²) in [6.45, 7) is 3.46. The van der Waals surface area contributed by atoms with Crippen molar-refractivity contribution in [1.29, 1.82) is 0 Å². The molecule has 1 fully saturated rings. The van der Waals surface area contributed by atoms with Gasteiger partial charge in [0.05, 0.1) is 6.42 Å². The van der Waals surface area contributed by atoms with Crippen LogP contribution in [0.4, 0.5) is 0 Å². The van der Waals surface area contributed by atoms with E-state index >= 15 is 0 Å². The molecule has 2 N–H and O–H groups in total. The average Bonchev–Trinajstić information content (AvgIpc) is 3.07. The van der Waals surface area contributed by atoms with Crippen molar-refractivity contribution in [3.8, 4) is 5.75 Å². The first-order chi connectivity index (χ1) is 11.4. The number of hydrogen-bond donors (Lipinski definition) is 2. The van der Waals surface area contributed by atoms with Crippen LogP contribution in [-0.4, -0.2) is 28.1 Å². The van der Waals surface area contributed by atoms with Gasteiger partial charge in [-0.15, -0.1) is 0 Å². The van der Waals surface area contributed by atoms with E-state index in [-0.39, 0.29) is 5.75 Å². The molecule has 1 aliphatic rings. The van der Waals surface area contributed by atoms with Crippen LogP contribution in [0.1, 0.15) is 32.1 Å². The van der Waals surface area contributed by atoms with E-state index in [0.717, 1.165) is 12.8 Å². The molecular formula is C18H20O6. The van der Waals surface area contributed by atoms with Crippen LogP contribution < -0.4 is 4.74 Å². The molecule has 0 saturated heterocycles. The van der Waals surface area contributed by atoms with E-state index in [1.807, 2.05) is 0 Å². The van der Waals surface area contributed by atoms with Gasteiger partial charge in [-0.2, -0.15) is 0 Å². The fraction of sp³-hybridized carbons (Fsp3) is 0.389. The van der Waals surface area contributed by atoms with Gasteiger partial charge < -0.3 is 14.9 Å². The van der Waals surface area contributed by atoms with Crippen molar-refractivity contribution in [1.82, 2.24) is 0 Å². The lowest BCUT2D eigenvalue weighted by Crippen LogP contribution is -2.44. The molecule has 2 rings (SSSR count). The van der Waals surface area contributed by atoms with Gasteiger partial charge in [-0.25, -0.2) is 4.79 Å². The summed E-state index contributed by atoms with van der Waals surface area (Å²) < 4.78 is 5.17. The Kier molecular flexibility index (Phi) is 5.39. The van der Waals surface area contributed by atoms with Gasteiger partial charge in [-0.3, -0.25) is 9.59 Å². The van der Waals surface area contributed by atoms with Crippen LogP contribution in [0.2, 0.25) is 0 Å². The molecule has 1 unspecified atom stereocenters. The number of carboxylic acids is 2. The second kappa shape index (κ2) is 7.29. The average molecular weight is 332 g/mol. The van der Waals surface area contributed by atoms with Crippen LogP contribution in [0, 0.1) is 11.3 Å². The largest absolute Gasteiger partial charge is 0.481 e. The minimum absolute atomic E-state index is 0.286. The van der Waals surface area contributed by atoms with Gasteiger partial charge >= 0.3 is 17.9 Å². The van der Waals surface area contributed by atoms with Crippen LogP contribution >= 0.6 is 0 Å². The number of carbonyl (C=O) groups excluding carboxylic acids is 1. The van der Waals surface area contributed by atoms with E-state index in [1.165, 1.54) is 0 Å². The van der Waals surface area contributed by atoms with Crippen LogP contribution in [0.5, 0.6) is 5.75 Å². The maximum Gasteiger partial charge on any atom is 0.332 e. The molecule has 0 spiro atoms. The predicted octanol–water partition coefficient (Wildman–Crippen LogP) is 2.88. The van der Waals surface area contributed by atoms with E-state index in [1.54, 1.807) is 30.3 Å². The highest BCUT2D eigenvalue weighted by Crippen LogP contribution is 2.47. The van der Waals surface area contributed by atoms with Gasteiger partial charge in [0.25, 0.3) is 0 Å². The van der Waals surface area contributed by atoms with Crippen molar-refractivity contribution < 1.29 is 29.3 Å². The Morgan fingerprint density at radius 2 is 1.71 bits per heavy atom. The zero-order chi connectivity index (χ0) is 17.7. The van der Waals surface area contributed by atoms with E-state index in [9.17, 15) is 24.6 Å². The van der Waals surface area contributed by atoms with Crippen LogP contribution in [0.3, 0.4) is 0 Å². The Bertz CT molecular complexity index is 645.